The Balaban J connectivity index is 1.67. The highest BCUT2D eigenvalue weighted by Gasteiger charge is 2.18. The predicted molar refractivity (Wildman–Crippen MR) is 102 cm³/mol. The number of amides is 2. The first-order valence-corrected chi connectivity index (χ1v) is 8.98. The third-order valence-electron chi connectivity index (χ3n) is 3.65. The Bertz CT molecular complexity index is 881. The van der Waals surface area contributed by atoms with Crippen LogP contribution in [0.25, 0.3) is 11.4 Å². The van der Waals surface area contributed by atoms with E-state index in [0.29, 0.717) is 10.8 Å². The molecule has 0 spiro atoms. The van der Waals surface area contributed by atoms with E-state index in [4.69, 9.17) is 0 Å². The molecule has 0 unspecified atom stereocenters. The maximum absolute atomic E-state index is 12.4. The number of rotatable bonds is 6. The Morgan fingerprint density at radius 1 is 1.08 bits per heavy atom. The van der Waals surface area contributed by atoms with Gasteiger partial charge in [-0.15, -0.1) is 11.3 Å². The minimum Gasteiger partial charge on any atom is -0.349 e. The topological polar surface area (TPSA) is 84.0 Å². The molecule has 132 valence electrons. The Labute approximate surface area is 155 Å². The molecule has 3 aromatic rings. The van der Waals surface area contributed by atoms with Crippen LogP contribution in [0, 0.1) is 0 Å². The van der Waals surface area contributed by atoms with Gasteiger partial charge >= 0.3 is 0 Å². The summed E-state index contributed by atoms with van der Waals surface area (Å²) in [6.45, 7) is 1.44. The summed E-state index contributed by atoms with van der Waals surface area (Å²) in [5.74, 6) is -0.395. The standard InChI is InChI=1S/C19H18N4O2S/c1-13(24)21-16(14-7-3-2-4-8-14)11-18(25)23-19-22-17(12-26-19)15-9-5-6-10-20-15/h2-10,12,16H,11H2,1H3,(H,21,24)(H,22,23,25)/t16-/m0/s1. The largest absolute Gasteiger partial charge is 0.349 e. The van der Waals surface area contributed by atoms with Gasteiger partial charge in [-0.1, -0.05) is 36.4 Å². The summed E-state index contributed by atoms with van der Waals surface area (Å²) in [5.41, 5.74) is 2.35. The lowest BCUT2D eigenvalue weighted by Crippen LogP contribution is -2.29. The zero-order valence-electron chi connectivity index (χ0n) is 14.2. The average Bonchev–Trinajstić information content (AvgIpc) is 3.10. The lowest BCUT2D eigenvalue weighted by Gasteiger charge is -2.17. The van der Waals surface area contributed by atoms with E-state index in [1.807, 2.05) is 53.9 Å². The number of carbonyl (C=O) groups excluding carboxylic acids is 2. The number of anilines is 1. The summed E-state index contributed by atoms with van der Waals surface area (Å²) in [6, 6.07) is 14.6. The zero-order valence-corrected chi connectivity index (χ0v) is 15.0. The van der Waals surface area contributed by atoms with Gasteiger partial charge < -0.3 is 10.6 Å². The first kappa shape index (κ1) is 17.8. The van der Waals surface area contributed by atoms with Crippen LogP contribution in [0.15, 0.2) is 60.1 Å². The van der Waals surface area contributed by atoms with E-state index in [1.165, 1.54) is 18.3 Å². The van der Waals surface area contributed by atoms with E-state index in [9.17, 15) is 9.59 Å². The minimum absolute atomic E-state index is 0.127. The summed E-state index contributed by atoms with van der Waals surface area (Å²) in [7, 11) is 0. The molecule has 2 amide bonds. The molecule has 0 saturated heterocycles. The summed E-state index contributed by atoms with van der Waals surface area (Å²) in [4.78, 5) is 32.5. The predicted octanol–water partition coefficient (Wildman–Crippen LogP) is 3.41. The van der Waals surface area contributed by atoms with Gasteiger partial charge in [0.25, 0.3) is 0 Å². The number of carbonyl (C=O) groups is 2. The number of hydrogen-bond acceptors (Lipinski definition) is 5. The van der Waals surface area contributed by atoms with E-state index >= 15 is 0 Å². The minimum atomic E-state index is -0.385. The van der Waals surface area contributed by atoms with Crippen molar-refractivity contribution < 1.29 is 9.59 Å². The summed E-state index contributed by atoms with van der Waals surface area (Å²) in [6.07, 6.45) is 1.83. The quantitative estimate of drug-likeness (QED) is 0.700. The molecule has 2 heterocycles. The second kappa shape index (κ2) is 8.35. The van der Waals surface area contributed by atoms with Crippen molar-refractivity contribution in [3.8, 4) is 11.4 Å². The van der Waals surface area contributed by atoms with Crippen molar-refractivity contribution in [3.63, 3.8) is 0 Å². The number of thiazole rings is 1. The first-order valence-electron chi connectivity index (χ1n) is 8.10. The van der Waals surface area contributed by atoms with Crippen LogP contribution in [0.2, 0.25) is 0 Å². The number of pyridine rings is 1. The molecule has 0 aliphatic carbocycles. The number of benzene rings is 1. The highest BCUT2D eigenvalue weighted by molar-refractivity contribution is 7.14. The molecule has 2 N–H and O–H groups in total. The maximum Gasteiger partial charge on any atom is 0.228 e. The van der Waals surface area contributed by atoms with Gasteiger partial charge in [0.15, 0.2) is 5.13 Å². The van der Waals surface area contributed by atoms with E-state index in [1.54, 1.807) is 6.20 Å². The van der Waals surface area contributed by atoms with Gasteiger partial charge in [-0.25, -0.2) is 4.98 Å². The number of hydrogen-bond donors (Lipinski definition) is 2. The van der Waals surface area contributed by atoms with Crippen LogP contribution >= 0.6 is 11.3 Å². The van der Waals surface area contributed by atoms with Gasteiger partial charge in [0.05, 0.1) is 18.2 Å². The third-order valence-corrected chi connectivity index (χ3v) is 4.40. The van der Waals surface area contributed by atoms with Crippen molar-refractivity contribution >= 4 is 28.3 Å². The van der Waals surface area contributed by atoms with Gasteiger partial charge in [0.1, 0.15) is 5.69 Å². The molecule has 0 fully saturated rings. The molecule has 0 bridgehead atoms. The molecule has 1 atom stereocenters. The van der Waals surface area contributed by atoms with E-state index < -0.39 is 0 Å². The van der Waals surface area contributed by atoms with Crippen LogP contribution in [0.5, 0.6) is 0 Å². The highest BCUT2D eigenvalue weighted by Crippen LogP contribution is 2.24. The fourth-order valence-electron chi connectivity index (χ4n) is 2.50. The smallest absolute Gasteiger partial charge is 0.228 e. The van der Waals surface area contributed by atoms with Crippen LogP contribution in [0.1, 0.15) is 24.9 Å². The van der Waals surface area contributed by atoms with Crippen molar-refractivity contribution in [2.75, 3.05) is 5.32 Å². The molecule has 1 aromatic carbocycles. The van der Waals surface area contributed by atoms with Crippen LogP contribution in [-0.4, -0.2) is 21.8 Å². The van der Waals surface area contributed by atoms with Crippen molar-refractivity contribution in [1.29, 1.82) is 0 Å². The molecule has 2 aromatic heterocycles. The maximum atomic E-state index is 12.4. The molecule has 0 aliphatic rings. The second-order valence-corrected chi connectivity index (χ2v) is 6.53. The fourth-order valence-corrected chi connectivity index (χ4v) is 3.22. The molecule has 26 heavy (non-hydrogen) atoms. The van der Waals surface area contributed by atoms with Gasteiger partial charge in [-0.3, -0.25) is 14.6 Å². The van der Waals surface area contributed by atoms with Crippen LogP contribution in [0.4, 0.5) is 5.13 Å². The fraction of sp³-hybridized carbons (Fsp3) is 0.158. The molecule has 3 rings (SSSR count). The van der Waals surface area contributed by atoms with Crippen LogP contribution < -0.4 is 10.6 Å². The summed E-state index contributed by atoms with van der Waals surface area (Å²) < 4.78 is 0. The second-order valence-electron chi connectivity index (χ2n) is 5.67. The SMILES string of the molecule is CC(=O)N[C@@H](CC(=O)Nc1nc(-c2ccccn2)cs1)c1ccccc1. The number of aromatic nitrogens is 2. The number of nitrogens with zero attached hydrogens (tertiary/aromatic N) is 2. The molecule has 6 nitrogen and oxygen atoms in total. The Morgan fingerprint density at radius 3 is 2.54 bits per heavy atom. The monoisotopic (exact) mass is 366 g/mol. The molecular weight excluding hydrogens is 348 g/mol. The number of nitrogens with one attached hydrogen (secondary N) is 2. The Kier molecular flexibility index (Phi) is 5.70. The van der Waals surface area contributed by atoms with Gasteiger partial charge in [-0.05, 0) is 17.7 Å². The molecular formula is C19H18N4O2S. The summed E-state index contributed by atoms with van der Waals surface area (Å²) >= 11 is 1.34. The lowest BCUT2D eigenvalue weighted by molar-refractivity contribution is -0.120. The van der Waals surface area contributed by atoms with Crippen LogP contribution in [-0.2, 0) is 9.59 Å². The van der Waals surface area contributed by atoms with Gasteiger partial charge in [-0.2, -0.15) is 0 Å². The van der Waals surface area contributed by atoms with Gasteiger partial charge in [0.2, 0.25) is 11.8 Å². The normalized spacial score (nSPS) is 11.6. The molecule has 0 saturated carbocycles. The van der Waals surface area contributed by atoms with Crippen molar-refractivity contribution in [3.05, 3.63) is 65.7 Å². The van der Waals surface area contributed by atoms with Crippen molar-refractivity contribution in [2.24, 2.45) is 0 Å². The average molecular weight is 366 g/mol. The summed E-state index contributed by atoms with van der Waals surface area (Å²) in [5, 5.41) is 7.96. The third kappa shape index (κ3) is 4.73. The van der Waals surface area contributed by atoms with E-state index in [-0.39, 0.29) is 24.3 Å². The molecule has 0 aliphatic heterocycles. The van der Waals surface area contributed by atoms with Crippen molar-refractivity contribution in [1.82, 2.24) is 15.3 Å². The van der Waals surface area contributed by atoms with E-state index in [2.05, 4.69) is 20.6 Å². The van der Waals surface area contributed by atoms with Crippen LogP contribution in [0.3, 0.4) is 0 Å². The molecule has 0 radical (unpaired) electrons. The highest BCUT2D eigenvalue weighted by atomic mass is 32.1. The molecule has 7 heteroatoms. The Morgan fingerprint density at radius 2 is 1.85 bits per heavy atom. The zero-order chi connectivity index (χ0) is 18.4. The Hall–Kier alpha value is -3.06. The first-order chi connectivity index (χ1) is 12.6. The lowest BCUT2D eigenvalue weighted by atomic mass is 10.0. The van der Waals surface area contributed by atoms with Crippen molar-refractivity contribution in [2.45, 2.75) is 19.4 Å². The van der Waals surface area contributed by atoms with Gasteiger partial charge in [0, 0.05) is 18.5 Å². The van der Waals surface area contributed by atoms with E-state index in [0.717, 1.165) is 11.3 Å².